The van der Waals surface area contributed by atoms with Crippen molar-refractivity contribution in [2.75, 3.05) is 19.4 Å². The summed E-state index contributed by atoms with van der Waals surface area (Å²) < 4.78 is 70.3. The quantitative estimate of drug-likeness (QED) is 0.603. The Balaban J connectivity index is 2.12. The van der Waals surface area contributed by atoms with Crippen molar-refractivity contribution in [3.05, 3.63) is 59.2 Å². The van der Waals surface area contributed by atoms with Gasteiger partial charge in [-0.05, 0) is 36.4 Å². The van der Waals surface area contributed by atoms with Gasteiger partial charge in [0.25, 0.3) is 0 Å². The molecule has 1 aromatic heterocycles. The standard InChI is InChI=1S/C19H17ClF3N3O3S/c1-29-17-7-4-13(10-15(17)20)26-16(11-18(25-26)19(21,22)23)12-2-5-14(6-3-12)30(27,28)9-8-24/h2-7,10-11H,8-9,24H2,1H3. The molecule has 2 N–H and O–H groups in total. The van der Waals surface area contributed by atoms with Crippen LogP contribution in [-0.2, 0) is 16.0 Å². The zero-order valence-electron chi connectivity index (χ0n) is 15.6. The van der Waals surface area contributed by atoms with Gasteiger partial charge in [-0.25, -0.2) is 13.1 Å². The highest BCUT2D eigenvalue weighted by Gasteiger charge is 2.35. The van der Waals surface area contributed by atoms with E-state index in [9.17, 15) is 21.6 Å². The van der Waals surface area contributed by atoms with Crippen LogP contribution in [-0.4, -0.2) is 37.6 Å². The third-order valence-electron chi connectivity index (χ3n) is 4.28. The first-order chi connectivity index (χ1) is 14.1. The fraction of sp³-hybridized carbons (Fsp3) is 0.211. The van der Waals surface area contributed by atoms with Crippen LogP contribution in [0.5, 0.6) is 5.75 Å². The van der Waals surface area contributed by atoms with E-state index in [0.29, 0.717) is 11.3 Å². The van der Waals surface area contributed by atoms with Crippen molar-refractivity contribution in [3.8, 4) is 22.7 Å². The second-order valence-corrected chi connectivity index (χ2v) is 8.79. The Kier molecular flexibility index (Phi) is 6.11. The Labute approximate surface area is 175 Å². The van der Waals surface area contributed by atoms with E-state index in [4.69, 9.17) is 22.1 Å². The van der Waals surface area contributed by atoms with E-state index >= 15 is 0 Å². The van der Waals surface area contributed by atoms with Gasteiger partial charge in [0.05, 0.1) is 34.2 Å². The van der Waals surface area contributed by atoms with Crippen molar-refractivity contribution in [1.29, 1.82) is 0 Å². The summed E-state index contributed by atoms with van der Waals surface area (Å²) in [6, 6.07) is 10.8. The Morgan fingerprint density at radius 1 is 1.13 bits per heavy atom. The maximum absolute atomic E-state index is 13.3. The van der Waals surface area contributed by atoms with Gasteiger partial charge in [-0.3, -0.25) is 0 Å². The summed E-state index contributed by atoms with van der Waals surface area (Å²) in [5.74, 6) is 0.131. The van der Waals surface area contributed by atoms with Crippen LogP contribution in [0, 0.1) is 0 Å². The summed E-state index contributed by atoms with van der Waals surface area (Å²) in [5, 5.41) is 3.88. The maximum atomic E-state index is 13.3. The van der Waals surface area contributed by atoms with Crippen molar-refractivity contribution in [2.24, 2.45) is 5.73 Å². The minimum atomic E-state index is -4.67. The average Bonchev–Trinajstić information content (AvgIpc) is 3.14. The fourth-order valence-corrected chi connectivity index (χ4v) is 4.16. The van der Waals surface area contributed by atoms with Gasteiger partial charge in [0.2, 0.25) is 0 Å². The van der Waals surface area contributed by atoms with E-state index in [1.807, 2.05) is 0 Å². The number of alkyl halides is 3. The maximum Gasteiger partial charge on any atom is 0.435 e. The molecule has 11 heteroatoms. The van der Waals surface area contributed by atoms with Crippen LogP contribution in [0.2, 0.25) is 5.02 Å². The Morgan fingerprint density at radius 2 is 1.80 bits per heavy atom. The van der Waals surface area contributed by atoms with Crippen LogP contribution in [0.3, 0.4) is 0 Å². The number of halogens is 4. The van der Waals surface area contributed by atoms with E-state index < -0.39 is 21.7 Å². The third-order valence-corrected chi connectivity index (χ3v) is 6.33. The van der Waals surface area contributed by atoms with Crippen molar-refractivity contribution in [3.63, 3.8) is 0 Å². The van der Waals surface area contributed by atoms with Crippen LogP contribution in [0.25, 0.3) is 16.9 Å². The lowest BCUT2D eigenvalue weighted by Gasteiger charge is -2.10. The molecule has 2 aromatic carbocycles. The molecule has 0 spiro atoms. The topological polar surface area (TPSA) is 87.2 Å². The predicted octanol–water partition coefficient (Wildman–Crippen LogP) is 3.95. The fourth-order valence-electron chi connectivity index (χ4n) is 2.82. The number of methoxy groups -OCH3 is 1. The number of hydrogen-bond acceptors (Lipinski definition) is 5. The van der Waals surface area contributed by atoms with Gasteiger partial charge in [0, 0.05) is 12.1 Å². The zero-order valence-corrected chi connectivity index (χ0v) is 17.2. The molecule has 0 atom stereocenters. The molecule has 0 aliphatic rings. The van der Waals surface area contributed by atoms with Gasteiger partial charge in [0.15, 0.2) is 15.5 Å². The number of aromatic nitrogens is 2. The molecule has 1 heterocycles. The summed E-state index contributed by atoms with van der Waals surface area (Å²) in [5.41, 5.74) is 4.97. The van der Waals surface area contributed by atoms with E-state index in [2.05, 4.69) is 5.10 Å². The number of nitrogens with two attached hydrogens (primary N) is 1. The number of benzene rings is 2. The zero-order chi connectivity index (χ0) is 22.1. The molecule has 0 radical (unpaired) electrons. The van der Waals surface area contributed by atoms with Gasteiger partial charge in [-0.15, -0.1) is 0 Å². The van der Waals surface area contributed by atoms with Gasteiger partial charge in [0.1, 0.15) is 5.75 Å². The van der Waals surface area contributed by atoms with E-state index in [0.717, 1.165) is 10.7 Å². The second kappa shape index (κ2) is 8.29. The highest BCUT2D eigenvalue weighted by Crippen LogP contribution is 2.35. The average molecular weight is 460 g/mol. The van der Waals surface area contributed by atoms with Crippen LogP contribution in [0.15, 0.2) is 53.4 Å². The molecule has 0 aliphatic heterocycles. The lowest BCUT2D eigenvalue weighted by molar-refractivity contribution is -0.141. The van der Waals surface area contributed by atoms with Crippen molar-refractivity contribution >= 4 is 21.4 Å². The number of ether oxygens (including phenoxy) is 1. The van der Waals surface area contributed by atoms with Crippen LogP contribution in [0.4, 0.5) is 13.2 Å². The lowest BCUT2D eigenvalue weighted by Crippen LogP contribution is -2.15. The molecule has 0 bridgehead atoms. The van der Waals surface area contributed by atoms with Crippen LogP contribution in [0.1, 0.15) is 5.69 Å². The summed E-state index contributed by atoms with van der Waals surface area (Å²) in [6.45, 7) is -0.0377. The minimum absolute atomic E-state index is 0.0336. The van der Waals surface area contributed by atoms with E-state index in [1.54, 1.807) is 0 Å². The van der Waals surface area contributed by atoms with Crippen LogP contribution < -0.4 is 10.5 Å². The number of nitrogens with zero attached hydrogens (tertiary/aromatic N) is 2. The second-order valence-electron chi connectivity index (χ2n) is 6.28. The molecule has 160 valence electrons. The van der Waals surface area contributed by atoms with E-state index in [1.165, 1.54) is 49.6 Å². The molecule has 3 aromatic rings. The number of sulfone groups is 1. The first-order valence-corrected chi connectivity index (χ1v) is 10.6. The largest absolute Gasteiger partial charge is 0.495 e. The molecule has 0 saturated carbocycles. The van der Waals surface area contributed by atoms with Crippen LogP contribution >= 0.6 is 11.6 Å². The van der Waals surface area contributed by atoms with Crippen molar-refractivity contribution in [2.45, 2.75) is 11.1 Å². The molecule has 0 fully saturated rings. The summed E-state index contributed by atoms with van der Waals surface area (Å²) in [7, 11) is -2.14. The van der Waals surface area contributed by atoms with E-state index in [-0.39, 0.29) is 33.6 Å². The normalized spacial score (nSPS) is 12.2. The Morgan fingerprint density at radius 3 is 2.33 bits per heavy atom. The lowest BCUT2D eigenvalue weighted by atomic mass is 10.1. The van der Waals surface area contributed by atoms with Crippen molar-refractivity contribution < 1.29 is 26.3 Å². The molecular formula is C19H17ClF3N3O3S. The first kappa shape index (κ1) is 22.1. The summed E-state index contributed by atoms with van der Waals surface area (Å²) in [6.07, 6.45) is -4.67. The molecule has 6 nitrogen and oxygen atoms in total. The van der Waals surface area contributed by atoms with Gasteiger partial charge in [-0.1, -0.05) is 23.7 Å². The summed E-state index contributed by atoms with van der Waals surface area (Å²) in [4.78, 5) is 0.0336. The van der Waals surface area contributed by atoms with Gasteiger partial charge < -0.3 is 10.5 Å². The first-order valence-electron chi connectivity index (χ1n) is 8.61. The highest BCUT2D eigenvalue weighted by molar-refractivity contribution is 7.91. The molecule has 0 amide bonds. The van der Waals surface area contributed by atoms with Crippen molar-refractivity contribution in [1.82, 2.24) is 9.78 Å². The predicted molar refractivity (Wildman–Crippen MR) is 107 cm³/mol. The molecule has 3 rings (SSSR count). The Bertz CT molecular complexity index is 1160. The molecule has 0 aliphatic carbocycles. The molecule has 0 saturated heterocycles. The molecule has 0 unspecified atom stereocenters. The molecular weight excluding hydrogens is 443 g/mol. The third kappa shape index (κ3) is 4.45. The highest BCUT2D eigenvalue weighted by atomic mass is 35.5. The Hall–Kier alpha value is -2.56. The van der Waals surface area contributed by atoms with Gasteiger partial charge in [-0.2, -0.15) is 18.3 Å². The SMILES string of the molecule is COc1ccc(-n2nc(C(F)(F)F)cc2-c2ccc(S(=O)(=O)CCN)cc2)cc1Cl. The number of rotatable bonds is 6. The smallest absolute Gasteiger partial charge is 0.435 e. The molecule has 30 heavy (non-hydrogen) atoms. The summed E-state index contributed by atoms with van der Waals surface area (Å²) >= 11 is 6.11. The monoisotopic (exact) mass is 459 g/mol. The number of hydrogen-bond donors (Lipinski definition) is 1. The minimum Gasteiger partial charge on any atom is -0.495 e. The van der Waals surface area contributed by atoms with Gasteiger partial charge >= 0.3 is 6.18 Å².